The van der Waals surface area contributed by atoms with Gasteiger partial charge in [0.05, 0.1) is 24.3 Å². The van der Waals surface area contributed by atoms with Crippen LogP contribution in [0.5, 0.6) is 0 Å². The molecule has 1 aromatic heterocycles. The molecule has 0 fully saturated rings. The first kappa shape index (κ1) is 12.9. The minimum absolute atomic E-state index is 0.163. The summed E-state index contributed by atoms with van der Waals surface area (Å²) in [6.07, 6.45) is 3.96. The maximum absolute atomic E-state index is 8.86. The number of rotatable bonds is 4. The van der Waals surface area contributed by atoms with Crippen LogP contribution in [-0.4, -0.2) is 22.2 Å². The van der Waals surface area contributed by atoms with Gasteiger partial charge in [0.15, 0.2) is 0 Å². The number of hydrogen-bond donors (Lipinski definition) is 1. The minimum atomic E-state index is 0.163. The predicted molar refractivity (Wildman–Crippen MR) is 73.7 cm³/mol. The number of nitriles is 1. The molecule has 0 saturated heterocycles. The van der Waals surface area contributed by atoms with Gasteiger partial charge in [0.25, 0.3) is 0 Å². The summed E-state index contributed by atoms with van der Waals surface area (Å²) < 4.78 is 7.88. The molecule has 0 bridgehead atoms. The van der Waals surface area contributed by atoms with Gasteiger partial charge in [0, 0.05) is 25.5 Å². The molecule has 0 aliphatic carbocycles. The zero-order chi connectivity index (χ0) is 13.8. The molecule has 3 rings (SSSR count). The Hall–Kier alpha value is -2.16. The van der Waals surface area contributed by atoms with E-state index in [9.17, 15) is 0 Å². The molecule has 5 nitrogen and oxygen atoms in total. The third-order valence-electron chi connectivity index (χ3n) is 3.41. The second-order valence-corrected chi connectivity index (χ2v) is 4.87. The normalized spacial score (nSPS) is 17.4. The van der Waals surface area contributed by atoms with Crippen LogP contribution in [0.3, 0.4) is 0 Å². The molecule has 1 atom stereocenters. The molecule has 1 N–H and O–H groups in total. The van der Waals surface area contributed by atoms with Crippen molar-refractivity contribution in [3.8, 4) is 6.07 Å². The standard InChI is InChI=1S/C15H16N4O/c16-7-12-2-1-3-13(6-12)8-17-9-14-10-19-5-4-18-15(19)11-20-14/h1-6,14,17H,8-11H2/t14-/m0/s1. The highest BCUT2D eigenvalue weighted by molar-refractivity contribution is 5.32. The summed E-state index contributed by atoms with van der Waals surface area (Å²) in [5, 5.41) is 12.2. The van der Waals surface area contributed by atoms with E-state index < -0.39 is 0 Å². The van der Waals surface area contributed by atoms with Gasteiger partial charge in [0.2, 0.25) is 0 Å². The van der Waals surface area contributed by atoms with Crippen LogP contribution >= 0.6 is 0 Å². The monoisotopic (exact) mass is 268 g/mol. The fourth-order valence-corrected chi connectivity index (χ4v) is 2.36. The zero-order valence-electron chi connectivity index (χ0n) is 11.1. The first-order valence-electron chi connectivity index (χ1n) is 6.66. The van der Waals surface area contributed by atoms with Crippen LogP contribution in [0.4, 0.5) is 0 Å². The van der Waals surface area contributed by atoms with Crippen molar-refractivity contribution in [3.63, 3.8) is 0 Å². The van der Waals surface area contributed by atoms with Crippen molar-refractivity contribution in [2.24, 2.45) is 0 Å². The Morgan fingerprint density at radius 2 is 2.45 bits per heavy atom. The van der Waals surface area contributed by atoms with E-state index in [1.54, 1.807) is 0 Å². The van der Waals surface area contributed by atoms with Crippen molar-refractivity contribution in [1.29, 1.82) is 5.26 Å². The molecule has 0 saturated carbocycles. The second-order valence-electron chi connectivity index (χ2n) is 4.87. The van der Waals surface area contributed by atoms with Crippen molar-refractivity contribution < 1.29 is 4.74 Å². The maximum Gasteiger partial charge on any atom is 0.134 e. The van der Waals surface area contributed by atoms with Crippen LogP contribution in [0.15, 0.2) is 36.7 Å². The van der Waals surface area contributed by atoms with E-state index >= 15 is 0 Å². The van der Waals surface area contributed by atoms with Gasteiger partial charge in [-0.2, -0.15) is 5.26 Å². The largest absolute Gasteiger partial charge is 0.367 e. The zero-order valence-corrected chi connectivity index (χ0v) is 11.1. The highest BCUT2D eigenvalue weighted by atomic mass is 16.5. The third-order valence-corrected chi connectivity index (χ3v) is 3.41. The first-order valence-corrected chi connectivity index (χ1v) is 6.66. The van der Waals surface area contributed by atoms with Crippen LogP contribution < -0.4 is 5.32 Å². The van der Waals surface area contributed by atoms with Crippen LogP contribution in [0.1, 0.15) is 17.0 Å². The van der Waals surface area contributed by atoms with Gasteiger partial charge in [0.1, 0.15) is 12.4 Å². The summed E-state index contributed by atoms with van der Waals surface area (Å²) in [4.78, 5) is 4.23. The van der Waals surface area contributed by atoms with Crippen molar-refractivity contribution in [2.75, 3.05) is 6.54 Å². The number of nitrogens with zero attached hydrogens (tertiary/aromatic N) is 3. The van der Waals surface area contributed by atoms with Crippen LogP contribution in [0.25, 0.3) is 0 Å². The molecule has 5 heteroatoms. The van der Waals surface area contributed by atoms with Crippen LogP contribution in [-0.2, 0) is 24.4 Å². The van der Waals surface area contributed by atoms with Gasteiger partial charge in [-0.05, 0) is 17.7 Å². The molecule has 0 spiro atoms. The van der Waals surface area contributed by atoms with E-state index in [1.165, 1.54) is 0 Å². The van der Waals surface area contributed by atoms with Crippen molar-refractivity contribution in [2.45, 2.75) is 25.8 Å². The molecule has 1 aliphatic heterocycles. The summed E-state index contributed by atoms with van der Waals surface area (Å²) in [6, 6.07) is 9.80. The molecule has 1 aliphatic rings. The molecular weight excluding hydrogens is 252 g/mol. The average molecular weight is 268 g/mol. The molecule has 2 heterocycles. The Bertz CT molecular complexity index is 629. The summed E-state index contributed by atoms with van der Waals surface area (Å²) in [7, 11) is 0. The van der Waals surface area contributed by atoms with E-state index in [0.717, 1.165) is 31.0 Å². The van der Waals surface area contributed by atoms with Crippen molar-refractivity contribution in [1.82, 2.24) is 14.9 Å². The maximum atomic E-state index is 8.86. The highest BCUT2D eigenvalue weighted by Crippen LogP contribution is 2.11. The minimum Gasteiger partial charge on any atom is -0.367 e. The molecule has 2 aromatic rings. The molecular formula is C15H16N4O. The van der Waals surface area contributed by atoms with Gasteiger partial charge >= 0.3 is 0 Å². The van der Waals surface area contributed by atoms with Gasteiger partial charge in [-0.15, -0.1) is 0 Å². The Labute approximate surface area is 117 Å². The lowest BCUT2D eigenvalue weighted by Crippen LogP contribution is -2.35. The smallest absolute Gasteiger partial charge is 0.134 e. The number of nitrogens with one attached hydrogen (secondary N) is 1. The Kier molecular flexibility index (Phi) is 3.77. The average Bonchev–Trinajstić information content (AvgIpc) is 2.95. The Morgan fingerprint density at radius 3 is 3.35 bits per heavy atom. The number of imidazole rings is 1. The van der Waals surface area contributed by atoms with Gasteiger partial charge in [-0.3, -0.25) is 0 Å². The summed E-state index contributed by atoms with van der Waals surface area (Å²) in [6.45, 7) is 2.93. The molecule has 0 unspecified atom stereocenters. The lowest BCUT2D eigenvalue weighted by Gasteiger charge is -2.24. The SMILES string of the molecule is N#Cc1cccc(CNC[C@H]2Cn3ccnc3CO2)c1. The fourth-order valence-electron chi connectivity index (χ4n) is 2.36. The third kappa shape index (κ3) is 2.87. The quantitative estimate of drug-likeness (QED) is 0.911. The summed E-state index contributed by atoms with van der Waals surface area (Å²) in [5.41, 5.74) is 1.81. The second kappa shape index (κ2) is 5.87. The van der Waals surface area contributed by atoms with Gasteiger partial charge in [-0.25, -0.2) is 4.98 Å². The molecule has 102 valence electrons. The number of hydrogen-bond acceptors (Lipinski definition) is 4. The van der Waals surface area contributed by atoms with E-state index in [0.29, 0.717) is 12.2 Å². The molecule has 0 radical (unpaired) electrons. The van der Waals surface area contributed by atoms with E-state index in [2.05, 4.69) is 20.9 Å². The molecule has 0 amide bonds. The Balaban J connectivity index is 1.50. The highest BCUT2D eigenvalue weighted by Gasteiger charge is 2.18. The van der Waals surface area contributed by atoms with Crippen molar-refractivity contribution in [3.05, 3.63) is 53.6 Å². The lowest BCUT2D eigenvalue weighted by molar-refractivity contribution is 0.00278. The van der Waals surface area contributed by atoms with E-state index in [4.69, 9.17) is 10.00 Å². The lowest BCUT2D eigenvalue weighted by atomic mass is 10.1. The predicted octanol–water partition coefficient (Wildman–Crippen LogP) is 1.44. The van der Waals surface area contributed by atoms with Gasteiger partial charge in [-0.1, -0.05) is 12.1 Å². The van der Waals surface area contributed by atoms with Crippen LogP contribution in [0, 0.1) is 11.3 Å². The van der Waals surface area contributed by atoms with E-state index in [1.807, 2.05) is 36.7 Å². The van der Waals surface area contributed by atoms with E-state index in [-0.39, 0.29) is 6.10 Å². The van der Waals surface area contributed by atoms with Crippen molar-refractivity contribution >= 4 is 0 Å². The number of ether oxygens (including phenoxy) is 1. The summed E-state index contributed by atoms with van der Waals surface area (Å²) >= 11 is 0. The Morgan fingerprint density at radius 1 is 1.50 bits per heavy atom. The fraction of sp³-hybridized carbons (Fsp3) is 0.333. The number of benzene rings is 1. The number of aromatic nitrogens is 2. The molecule has 1 aromatic carbocycles. The molecule has 20 heavy (non-hydrogen) atoms. The number of fused-ring (bicyclic) bond motifs is 1. The topological polar surface area (TPSA) is 62.9 Å². The first-order chi connectivity index (χ1) is 9.85. The van der Waals surface area contributed by atoms with Gasteiger partial charge < -0.3 is 14.6 Å². The van der Waals surface area contributed by atoms with Crippen LogP contribution in [0.2, 0.25) is 0 Å². The summed E-state index contributed by atoms with van der Waals surface area (Å²) in [5.74, 6) is 0.989.